The van der Waals surface area contributed by atoms with E-state index in [1.54, 1.807) is 4.90 Å². The first-order chi connectivity index (χ1) is 12.7. The zero-order valence-electron chi connectivity index (χ0n) is 14.8. The van der Waals surface area contributed by atoms with Crippen molar-refractivity contribution in [3.63, 3.8) is 0 Å². The van der Waals surface area contributed by atoms with Crippen LogP contribution in [-0.4, -0.2) is 68.9 Å². The monoisotopic (exact) mass is 432 g/mol. The predicted octanol–water partition coefficient (Wildman–Crippen LogP) is 2.53. The summed E-state index contributed by atoms with van der Waals surface area (Å²) in [6, 6.07) is 0.793. The van der Waals surface area contributed by atoms with Gasteiger partial charge in [-0.15, -0.1) is 0 Å². The topological polar surface area (TPSA) is 57.7 Å². The van der Waals surface area contributed by atoms with Gasteiger partial charge in [0.1, 0.15) is 9.84 Å². The Kier molecular flexibility index (Phi) is 6.34. The maximum atomic E-state index is 12.9. The molecular formula is C16H18F6N2O3S. The van der Waals surface area contributed by atoms with Crippen LogP contribution in [0.25, 0.3) is 0 Å². The van der Waals surface area contributed by atoms with Crippen molar-refractivity contribution in [2.75, 3.05) is 44.7 Å². The highest BCUT2D eigenvalue weighted by atomic mass is 32.2. The Bertz CT molecular complexity index is 796. The third-order valence-corrected chi connectivity index (χ3v) is 5.20. The molecule has 1 saturated heterocycles. The molecule has 0 radical (unpaired) electrons. The molecule has 1 fully saturated rings. The normalized spacial score (nSPS) is 17.0. The lowest BCUT2D eigenvalue weighted by Crippen LogP contribution is -2.49. The lowest BCUT2D eigenvalue weighted by atomic mass is 10.0. The molecule has 0 unspecified atom stereocenters. The lowest BCUT2D eigenvalue weighted by Gasteiger charge is -2.34. The zero-order valence-corrected chi connectivity index (χ0v) is 15.6. The fourth-order valence-electron chi connectivity index (χ4n) is 2.73. The van der Waals surface area contributed by atoms with Crippen molar-refractivity contribution < 1.29 is 39.6 Å². The molecule has 1 aliphatic rings. The summed E-state index contributed by atoms with van der Waals surface area (Å²) in [5, 5.41) is 0. The molecular weight excluding hydrogens is 414 g/mol. The zero-order chi connectivity index (χ0) is 21.3. The summed E-state index contributed by atoms with van der Waals surface area (Å²) < 4.78 is 99.9. The van der Waals surface area contributed by atoms with Crippen LogP contribution < -0.4 is 0 Å². The molecule has 5 nitrogen and oxygen atoms in total. The number of halogens is 6. The van der Waals surface area contributed by atoms with Crippen molar-refractivity contribution in [3.05, 3.63) is 34.9 Å². The fourth-order valence-corrected chi connectivity index (χ4v) is 3.32. The van der Waals surface area contributed by atoms with Crippen LogP contribution in [0.4, 0.5) is 26.3 Å². The van der Waals surface area contributed by atoms with Crippen LogP contribution in [0.3, 0.4) is 0 Å². The number of carbonyl (C=O) groups is 1. The summed E-state index contributed by atoms with van der Waals surface area (Å²) in [5.74, 6) is -1.01. The van der Waals surface area contributed by atoms with E-state index in [4.69, 9.17) is 0 Å². The number of amides is 1. The number of piperazine rings is 1. The molecule has 1 amide bonds. The van der Waals surface area contributed by atoms with E-state index < -0.39 is 44.8 Å². The molecule has 2 rings (SSSR count). The van der Waals surface area contributed by atoms with Gasteiger partial charge in [0.05, 0.1) is 16.9 Å². The Morgan fingerprint density at radius 1 is 0.929 bits per heavy atom. The Balaban J connectivity index is 2.16. The van der Waals surface area contributed by atoms with Crippen LogP contribution in [-0.2, 0) is 22.2 Å². The van der Waals surface area contributed by atoms with Crippen LogP contribution in [0.5, 0.6) is 0 Å². The van der Waals surface area contributed by atoms with Gasteiger partial charge in [-0.2, -0.15) is 26.3 Å². The van der Waals surface area contributed by atoms with Gasteiger partial charge in [0, 0.05) is 44.5 Å². The van der Waals surface area contributed by atoms with Gasteiger partial charge in [-0.1, -0.05) is 0 Å². The van der Waals surface area contributed by atoms with Crippen LogP contribution in [0, 0.1) is 0 Å². The number of nitrogens with zero attached hydrogens (tertiary/aromatic N) is 2. The molecule has 0 spiro atoms. The molecule has 1 aromatic rings. The van der Waals surface area contributed by atoms with Crippen LogP contribution in [0.1, 0.15) is 21.5 Å². The van der Waals surface area contributed by atoms with Gasteiger partial charge in [-0.25, -0.2) is 8.42 Å². The molecule has 1 aliphatic heterocycles. The average molecular weight is 432 g/mol. The Hall–Kier alpha value is -1.82. The van der Waals surface area contributed by atoms with E-state index in [-0.39, 0.29) is 44.5 Å². The van der Waals surface area contributed by atoms with Crippen molar-refractivity contribution in [1.29, 1.82) is 0 Å². The molecule has 1 aromatic carbocycles. The number of alkyl halides is 6. The van der Waals surface area contributed by atoms with Crippen molar-refractivity contribution in [3.8, 4) is 0 Å². The van der Waals surface area contributed by atoms with Gasteiger partial charge in [-0.3, -0.25) is 9.69 Å². The van der Waals surface area contributed by atoms with Gasteiger partial charge in [0.15, 0.2) is 0 Å². The molecule has 0 bridgehead atoms. The minimum Gasteiger partial charge on any atom is -0.336 e. The lowest BCUT2D eigenvalue weighted by molar-refractivity contribution is -0.143. The van der Waals surface area contributed by atoms with E-state index in [1.807, 2.05) is 0 Å². The summed E-state index contributed by atoms with van der Waals surface area (Å²) in [4.78, 5) is 15.4. The van der Waals surface area contributed by atoms with Crippen LogP contribution in [0.15, 0.2) is 18.2 Å². The number of hydrogen-bond donors (Lipinski definition) is 0. The van der Waals surface area contributed by atoms with Crippen molar-refractivity contribution in [2.24, 2.45) is 0 Å². The second-order valence-electron chi connectivity index (χ2n) is 6.56. The minimum absolute atomic E-state index is 0.0279. The molecule has 28 heavy (non-hydrogen) atoms. The Morgan fingerprint density at radius 3 is 1.79 bits per heavy atom. The minimum atomic E-state index is -5.03. The summed E-state index contributed by atoms with van der Waals surface area (Å²) in [6.45, 7) is 0.918. The number of sulfone groups is 1. The first kappa shape index (κ1) is 22.5. The Labute approximate surface area is 157 Å². The SMILES string of the molecule is CS(=O)(=O)CCN1CCN(C(=O)c2cc(C(F)(F)F)cc(C(F)(F)F)c2)CC1. The van der Waals surface area contributed by atoms with Crippen LogP contribution >= 0.6 is 0 Å². The van der Waals surface area contributed by atoms with E-state index in [2.05, 4.69) is 0 Å². The molecule has 1 heterocycles. The number of rotatable bonds is 4. The smallest absolute Gasteiger partial charge is 0.336 e. The first-order valence-corrected chi connectivity index (χ1v) is 10.2. The van der Waals surface area contributed by atoms with Gasteiger partial charge < -0.3 is 4.90 Å². The van der Waals surface area contributed by atoms with E-state index in [1.165, 1.54) is 0 Å². The molecule has 12 heteroatoms. The highest BCUT2D eigenvalue weighted by Gasteiger charge is 2.38. The summed E-state index contributed by atoms with van der Waals surface area (Å²) >= 11 is 0. The number of carbonyl (C=O) groups excluding carboxylic acids is 1. The maximum Gasteiger partial charge on any atom is 0.416 e. The van der Waals surface area contributed by atoms with Gasteiger partial charge in [0.25, 0.3) is 5.91 Å². The summed E-state index contributed by atoms with van der Waals surface area (Å²) in [6.07, 6.45) is -8.97. The highest BCUT2D eigenvalue weighted by molar-refractivity contribution is 7.90. The van der Waals surface area contributed by atoms with Crippen molar-refractivity contribution in [1.82, 2.24) is 9.80 Å². The van der Waals surface area contributed by atoms with E-state index >= 15 is 0 Å². The molecule has 0 aliphatic carbocycles. The quantitative estimate of drug-likeness (QED) is 0.687. The molecule has 0 aromatic heterocycles. The second kappa shape index (κ2) is 7.90. The maximum absolute atomic E-state index is 12.9. The van der Waals surface area contributed by atoms with Gasteiger partial charge in [-0.05, 0) is 18.2 Å². The van der Waals surface area contributed by atoms with Crippen molar-refractivity contribution in [2.45, 2.75) is 12.4 Å². The molecule has 158 valence electrons. The fraction of sp³-hybridized carbons (Fsp3) is 0.562. The van der Waals surface area contributed by atoms with E-state index in [9.17, 15) is 39.6 Å². The molecule has 0 saturated carbocycles. The van der Waals surface area contributed by atoms with Gasteiger partial charge in [0.2, 0.25) is 0 Å². The largest absolute Gasteiger partial charge is 0.416 e. The summed E-state index contributed by atoms with van der Waals surface area (Å²) in [7, 11) is -3.17. The molecule has 0 N–H and O–H groups in total. The molecule has 0 atom stereocenters. The first-order valence-electron chi connectivity index (χ1n) is 8.16. The van der Waals surface area contributed by atoms with Gasteiger partial charge >= 0.3 is 12.4 Å². The second-order valence-corrected chi connectivity index (χ2v) is 8.82. The third kappa shape index (κ3) is 6.09. The standard InChI is InChI=1S/C16H18F6N2O3S/c1-28(26,27)7-6-23-2-4-24(5-3-23)14(25)11-8-12(15(17,18)19)10-13(9-11)16(20,21)22/h8-10H,2-7H2,1H3. The average Bonchev–Trinajstić information content (AvgIpc) is 2.57. The summed E-state index contributed by atoms with van der Waals surface area (Å²) in [5.41, 5.74) is -3.78. The van der Waals surface area contributed by atoms with Crippen molar-refractivity contribution >= 4 is 15.7 Å². The van der Waals surface area contributed by atoms with Crippen LogP contribution in [0.2, 0.25) is 0 Å². The number of benzene rings is 1. The predicted molar refractivity (Wildman–Crippen MR) is 88.5 cm³/mol. The number of hydrogen-bond acceptors (Lipinski definition) is 4. The van der Waals surface area contributed by atoms with E-state index in [0.29, 0.717) is 12.1 Å². The Morgan fingerprint density at radius 2 is 1.39 bits per heavy atom. The third-order valence-electron chi connectivity index (χ3n) is 4.27. The van der Waals surface area contributed by atoms with E-state index in [0.717, 1.165) is 11.2 Å². The highest BCUT2D eigenvalue weighted by Crippen LogP contribution is 2.36.